The number of hydrogen-bond acceptors (Lipinski definition) is 4. The van der Waals surface area contributed by atoms with E-state index in [1.807, 2.05) is 28.8 Å². The van der Waals surface area contributed by atoms with E-state index in [0.29, 0.717) is 11.1 Å². The van der Waals surface area contributed by atoms with Gasteiger partial charge in [0.15, 0.2) is 11.0 Å². The first-order valence-corrected chi connectivity index (χ1v) is 8.57. The van der Waals surface area contributed by atoms with Crippen molar-refractivity contribution in [3.8, 4) is 11.4 Å². The average molecular weight is 417 g/mol. The molecule has 7 heteroatoms. The van der Waals surface area contributed by atoms with Crippen LogP contribution in [0.4, 0.5) is 0 Å². The minimum absolute atomic E-state index is 0.0110. The van der Waals surface area contributed by atoms with Gasteiger partial charge >= 0.3 is 5.97 Å². The van der Waals surface area contributed by atoms with Gasteiger partial charge in [0.05, 0.1) is 5.75 Å². The SMILES string of the molecule is CC(C)Cn1c(SCC(=O)O)nnc1-c1ccc(I)cc1. The Labute approximate surface area is 141 Å². The van der Waals surface area contributed by atoms with E-state index in [2.05, 4.69) is 46.6 Å². The van der Waals surface area contributed by atoms with Crippen LogP contribution in [-0.4, -0.2) is 31.6 Å². The molecule has 1 aromatic carbocycles. The third kappa shape index (κ3) is 4.44. The Morgan fingerprint density at radius 1 is 1.33 bits per heavy atom. The predicted molar refractivity (Wildman–Crippen MR) is 91.4 cm³/mol. The van der Waals surface area contributed by atoms with Crippen molar-refractivity contribution in [2.24, 2.45) is 5.92 Å². The molecule has 112 valence electrons. The standard InChI is InChI=1S/C14H16IN3O2S/c1-9(2)7-18-13(10-3-5-11(15)6-4-10)16-17-14(18)21-8-12(19)20/h3-6,9H,7-8H2,1-2H3,(H,19,20). The number of aliphatic carboxylic acids is 1. The highest BCUT2D eigenvalue weighted by Gasteiger charge is 2.16. The van der Waals surface area contributed by atoms with E-state index in [0.717, 1.165) is 21.5 Å². The second-order valence-electron chi connectivity index (χ2n) is 5.00. The zero-order chi connectivity index (χ0) is 15.4. The molecule has 0 saturated carbocycles. The molecule has 0 spiro atoms. The van der Waals surface area contributed by atoms with Gasteiger partial charge in [-0.3, -0.25) is 4.79 Å². The molecule has 2 aromatic rings. The van der Waals surface area contributed by atoms with Crippen LogP contribution in [0.1, 0.15) is 13.8 Å². The molecular formula is C14H16IN3O2S. The number of hydrogen-bond donors (Lipinski definition) is 1. The minimum Gasteiger partial charge on any atom is -0.481 e. The van der Waals surface area contributed by atoms with E-state index in [9.17, 15) is 4.79 Å². The Balaban J connectivity index is 2.35. The average Bonchev–Trinajstić information content (AvgIpc) is 2.79. The molecule has 0 atom stereocenters. The first kappa shape index (κ1) is 16.3. The van der Waals surface area contributed by atoms with E-state index in [-0.39, 0.29) is 5.75 Å². The molecule has 1 aromatic heterocycles. The van der Waals surface area contributed by atoms with Crippen LogP contribution < -0.4 is 0 Å². The first-order valence-electron chi connectivity index (χ1n) is 6.51. The summed E-state index contributed by atoms with van der Waals surface area (Å²) in [6.45, 7) is 4.99. The van der Waals surface area contributed by atoms with E-state index >= 15 is 0 Å². The number of benzene rings is 1. The largest absolute Gasteiger partial charge is 0.481 e. The molecule has 0 radical (unpaired) electrons. The van der Waals surface area contributed by atoms with Crippen molar-refractivity contribution < 1.29 is 9.90 Å². The summed E-state index contributed by atoms with van der Waals surface area (Å²) in [5, 5.41) is 17.9. The monoisotopic (exact) mass is 417 g/mol. The lowest BCUT2D eigenvalue weighted by Gasteiger charge is -2.12. The fourth-order valence-corrected chi connectivity index (χ4v) is 2.89. The lowest BCUT2D eigenvalue weighted by Crippen LogP contribution is -2.09. The van der Waals surface area contributed by atoms with Crippen LogP contribution in [0.2, 0.25) is 0 Å². The molecule has 0 amide bonds. The van der Waals surface area contributed by atoms with Crippen molar-refractivity contribution in [3.05, 3.63) is 27.8 Å². The van der Waals surface area contributed by atoms with Crippen molar-refractivity contribution in [2.45, 2.75) is 25.5 Å². The van der Waals surface area contributed by atoms with Crippen LogP contribution in [0.5, 0.6) is 0 Å². The lowest BCUT2D eigenvalue weighted by molar-refractivity contribution is -0.133. The first-order chi connectivity index (χ1) is 9.97. The molecule has 5 nitrogen and oxygen atoms in total. The van der Waals surface area contributed by atoms with Crippen LogP contribution >= 0.6 is 34.4 Å². The summed E-state index contributed by atoms with van der Waals surface area (Å²) in [4.78, 5) is 10.7. The molecule has 0 fully saturated rings. The van der Waals surface area contributed by atoms with Gasteiger partial charge in [0.2, 0.25) is 0 Å². The maximum Gasteiger partial charge on any atom is 0.313 e. The van der Waals surface area contributed by atoms with Crippen LogP contribution in [-0.2, 0) is 11.3 Å². The predicted octanol–water partition coefficient (Wildman–Crippen LogP) is 3.38. The smallest absolute Gasteiger partial charge is 0.313 e. The van der Waals surface area contributed by atoms with E-state index in [1.54, 1.807) is 0 Å². The second kappa shape index (κ2) is 7.26. The van der Waals surface area contributed by atoms with Gasteiger partial charge in [-0.1, -0.05) is 37.7 Å². The number of carboxylic acids is 1. The lowest BCUT2D eigenvalue weighted by atomic mass is 10.2. The molecule has 2 rings (SSSR count). The van der Waals surface area contributed by atoms with Gasteiger partial charge in [-0.15, -0.1) is 10.2 Å². The highest BCUT2D eigenvalue weighted by atomic mass is 127. The number of carboxylic acid groups (broad SMARTS) is 1. The molecule has 0 aliphatic carbocycles. The summed E-state index contributed by atoms with van der Waals surface area (Å²) in [7, 11) is 0. The third-order valence-corrected chi connectivity index (χ3v) is 4.36. The number of thioether (sulfide) groups is 1. The maximum atomic E-state index is 10.7. The number of carbonyl (C=O) groups is 1. The van der Waals surface area contributed by atoms with Crippen LogP contribution in [0.15, 0.2) is 29.4 Å². The fraction of sp³-hybridized carbons (Fsp3) is 0.357. The molecule has 1 N–H and O–H groups in total. The van der Waals surface area contributed by atoms with Crippen molar-refractivity contribution in [1.82, 2.24) is 14.8 Å². The third-order valence-electron chi connectivity index (χ3n) is 2.69. The molecule has 1 heterocycles. The van der Waals surface area contributed by atoms with Crippen LogP contribution in [0.3, 0.4) is 0 Å². The normalized spacial score (nSPS) is 11.0. The Morgan fingerprint density at radius 2 is 2.00 bits per heavy atom. The van der Waals surface area contributed by atoms with Crippen molar-refractivity contribution in [3.63, 3.8) is 0 Å². The highest BCUT2D eigenvalue weighted by molar-refractivity contribution is 14.1. The van der Waals surface area contributed by atoms with E-state index < -0.39 is 5.97 Å². The zero-order valence-electron chi connectivity index (χ0n) is 11.8. The van der Waals surface area contributed by atoms with Gasteiger partial charge in [-0.05, 0) is 40.6 Å². The van der Waals surface area contributed by atoms with Crippen LogP contribution in [0, 0.1) is 9.49 Å². The Kier molecular flexibility index (Phi) is 5.63. The van der Waals surface area contributed by atoms with Crippen LogP contribution in [0.25, 0.3) is 11.4 Å². The summed E-state index contributed by atoms with van der Waals surface area (Å²) in [5.41, 5.74) is 0.991. The quantitative estimate of drug-likeness (QED) is 0.577. The molecule has 0 saturated heterocycles. The Bertz CT molecular complexity index is 626. The summed E-state index contributed by atoms with van der Waals surface area (Å²) in [6.07, 6.45) is 0. The van der Waals surface area contributed by atoms with Gasteiger partial charge in [-0.25, -0.2) is 0 Å². The summed E-state index contributed by atoms with van der Waals surface area (Å²) < 4.78 is 3.16. The van der Waals surface area contributed by atoms with Crippen molar-refractivity contribution in [1.29, 1.82) is 0 Å². The minimum atomic E-state index is -0.852. The zero-order valence-corrected chi connectivity index (χ0v) is 14.8. The Hall–Kier alpha value is -1.09. The van der Waals surface area contributed by atoms with Crippen molar-refractivity contribution in [2.75, 3.05) is 5.75 Å². The number of rotatable bonds is 6. The molecule has 0 aliphatic heterocycles. The topological polar surface area (TPSA) is 68.0 Å². The van der Waals surface area contributed by atoms with Crippen molar-refractivity contribution >= 4 is 40.3 Å². The van der Waals surface area contributed by atoms with E-state index in [1.165, 1.54) is 11.8 Å². The van der Waals surface area contributed by atoms with Gasteiger partial charge in [0.25, 0.3) is 0 Å². The molecule has 0 aliphatic rings. The van der Waals surface area contributed by atoms with E-state index in [4.69, 9.17) is 5.11 Å². The molecular weight excluding hydrogens is 401 g/mol. The number of nitrogens with zero attached hydrogens (tertiary/aromatic N) is 3. The van der Waals surface area contributed by atoms with Gasteiger partial charge in [0.1, 0.15) is 0 Å². The summed E-state index contributed by atoms with van der Waals surface area (Å²) >= 11 is 3.46. The second-order valence-corrected chi connectivity index (χ2v) is 7.19. The molecule has 0 bridgehead atoms. The molecule has 21 heavy (non-hydrogen) atoms. The number of aromatic nitrogens is 3. The number of halogens is 1. The van der Waals surface area contributed by atoms with Gasteiger partial charge in [0, 0.05) is 15.7 Å². The maximum absolute atomic E-state index is 10.7. The van der Waals surface area contributed by atoms with Gasteiger partial charge < -0.3 is 9.67 Å². The van der Waals surface area contributed by atoms with Gasteiger partial charge in [-0.2, -0.15) is 0 Å². The summed E-state index contributed by atoms with van der Waals surface area (Å²) in [6, 6.07) is 8.06. The fourth-order valence-electron chi connectivity index (χ4n) is 1.86. The Morgan fingerprint density at radius 3 is 2.57 bits per heavy atom. The highest BCUT2D eigenvalue weighted by Crippen LogP contribution is 2.25. The summed E-state index contributed by atoms with van der Waals surface area (Å²) in [5.74, 6) is 0.346. The molecule has 0 unspecified atom stereocenters.